The summed E-state index contributed by atoms with van der Waals surface area (Å²) in [5, 5.41) is 1.76. The normalized spacial score (nSPS) is 14.5. The van der Waals surface area contributed by atoms with Gasteiger partial charge < -0.3 is 4.74 Å². The first-order valence-electron chi connectivity index (χ1n) is 9.54. The Bertz CT molecular complexity index is 1310. The molecule has 0 bridgehead atoms. The minimum Gasteiger partial charge on any atom is -0.402 e. The quantitative estimate of drug-likeness (QED) is 0.409. The molecule has 6 nitrogen and oxygen atoms in total. The molecule has 2 aromatic carbocycles. The van der Waals surface area contributed by atoms with Gasteiger partial charge in [-0.05, 0) is 55.3 Å². The lowest BCUT2D eigenvalue weighted by Crippen LogP contribution is -2.23. The van der Waals surface area contributed by atoms with Gasteiger partial charge in [0.1, 0.15) is 11.6 Å². The van der Waals surface area contributed by atoms with Crippen molar-refractivity contribution in [2.75, 3.05) is 4.90 Å². The van der Waals surface area contributed by atoms with Crippen LogP contribution in [0.4, 0.5) is 19.6 Å². The van der Waals surface area contributed by atoms with Gasteiger partial charge in [-0.25, -0.2) is 23.6 Å². The van der Waals surface area contributed by atoms with E-state index in [9.17, 15) is 18.4 Å². The van der Waals surface area contributed by atoms with Crippen LogP contribution in [0.2, 0.25) is 0 Å². The highest BCUT2D eigenvalue weighted by atomic mass is 32.1. The van der Waals surface area contributed by atoms with E-state index in [1.54, 1.807) is 5.38 Å². The Balaban J connectivity index is 1.65. The first-order chi connectivity index (χ1) is 15.2. The molecule has 1 aliphatic heterocycles. The minimum absolute atomic E-state index is 0.0532. The first kappa shape index (κ1) is 21.5. The molecule has 0 fully saturated rings. The van der Waals surface area contributed by atoms with E-state index in [1.165, 1.54) is 19.1 Å². The van der Waals surface area contributed by atoms with E-state index in [1.807, 2.05) is 32.0 Å². The topological polar surface area (TPSA) is 71.9 Å². The monoisotopic (exact) mass is 453 g/mol. The number of halogens is 2. The first-order valence-corrected chi connectivity index (χ1v) is 10.4. The van der Waals surface area contributed by atoms with Gasteiger partial charge in [0.2, 0.25) is 11.8 Å². The maximum absolute atomic E-state index is 14.2. The van der Waals surface area contributed by atoms with Crippen LogP contribution in [0.15, 0.2) is 52.5 Å². The highest BCUT2D eigenvalue weighted by Gasteiger charge is 2.26. The fourth-order valence-electron chi connectivity index (χ4n) is 3.06. The van der Waals surface area contributed by atoms with E-state index in [2.05, 4.69) is 9.98 Å². The third kappa shape index (κ3) is 4.19. The fraction of sp³-hybridized carbons (Fsp3) is 0.130. The second-order valence-electron chi connectivity index (χ2n) is 7.14. The number of esters is 1. The average Bonchev–Trinajstić information content (AvgIpc) is 3.33. The Kier molecular flexibility index (Phi) is 5.67. The number of carbonyl (C=O) groups excluding carboxylic acids is 2. The number of aliphatic imine (C=N–C) groups is 1. The Labute approximate surface area is 186 Å². The van der Waals surface area contributed by atoms with E-state index in [4.69, 9.17) is 4.74 Å². The van der Waals surface area contributed by atoms with Gasteiger partial charge >= 0.3 is 5.97 Å². The van der Waals surface area contributed by atoms with Crippen LogP contribution < -0.4 is 4.90 Å². The molecule has 3 aromatic rings. The molecule has 0 aliphatic carbocycles. The van der Waals surface area contributed by atoms with Crippen LogP contribution >= 0.6 is 11.3 Å². The second-order valence-corrected chi connectivity index (χ2v) is 7.98. The standard InChI is InChI=1S/C23H17F2N3O3S/c1-12-4-5-15(8-13(12)2)21-27-19(22(30)31-21)10-17-11-32-23(26-17)28(14(3)29)20-7-6-16(24)9-18(20)25/h4-11H,1-3H3. The Hall–Kier alpha value is -3.72. The highest BCUT2D eigenvalue weighted by molar-refractivity contribution is 7.14. The summed E-state index contributed by atoms with van der Waals surface area (Å²) in [6.45, 7) is 5.18. The lowest BCUT2D eigenvalue weighted by atomic mass is 10.1. The summed E-state index contributed by atoms with van der Waals surface area (Å²) in [6.07, 6.45) is 1.43. The number of hydrogen-bond acceptors (Lipinski definition) is 6. The maximum atomic E-state index is 14.2. The van der Waals surface area contributed by atoms with E-state index < -0.39 is 23.5 Å². The number of aryl methyl sites for hydroxylation is 2. The molecular formula is C23H17F2N3O3S. The predicted octanol–water partition coefficient (Wildman–Crippen LogP) is 5.07. The number of cyclic esters (lactones) is 1. The molecule has 1 aromatic heterocycles. The van der Waals surface area contributed by atoms with Crippen LogP contribution in [-0.4, -0.2) is 22.8 Å². The summed E-state index contributed by atoms with van der Waals surface area (Å²) < 4.78 is 32.8. The summed E-state index contributed by atoms with van der Waals surface area (Å²) in [6, 6.07) is 8.54. The minimum atomic E-state index is -0.891. The zero-order chi connectivity index (χ0) is 23.0. The van der Waals surface area contributed by atoms with Crippen molar-refractivity contribution in [2.24, 2.45) is 4.99 Å². The Morgan fingerprint density at radius 1 is 1.12 bits per heavy atom. The van der Waals surface area contributed by atoms with Crippen molar-refractivity contribution in [2.45, 2.75) is 20.8 Å². The SMILES string of the molecule is CC(=O)N(c1nc(C=C2N=C(c3ccc(C)c(C)c3)OC2=O)cs1)c1ccc(F)cc1F. The van der Waals surface area contributed by atoms with Crippen molar-refractivity contribution in [3.05, 3.63) is 81.5 Å². The molecule has 0 N–H and O–H groups in total. The van der Waals surface area contributed by atoms with Gasteiger partial charge in [0.15, 0.2) is 10.8 Å². The van der Waals surface area contributed by atoms with Crippen LogP contribution in [0.3, 0.4) is 0 Å². The molecule has 1 amide bonds. The average molecular weight is 453 g/mol. The fourth-order valence-corrected chi connectivity index (χ4v) is 3.90. The summed E-state index contributed by atoms with van der Waals surface area (Å²) in [5.74, 6) is -2.58. The maximum Gasteiger partial charge on any atom is 0.363 e. The number of carbonyl (C=O) groups is 2. The van der Waals surface area contributed by atoms with Crippen LogP contribution in [0.5, 0.6) is 0 Å². The van der Waals surface area contributed by atoms with Gasteiger partial charge in [-0.2, -0.15) is 0 Å². The van der Waals surface area contributed by atoms with Crippen molar-refractivity contribution in [1.82, 2.24) is 4.98 Å². The van der Waals surface area contributed by atoms with Crippen LogP contribution in [0.25, 0.3) is 6.08 Å². The van der Waals surface area contributed by atoms with Gasteiger partial charge in [-0.3, -0.25) is 9.69 Å². The van der Waals surface area contributed by atoms with E-state index in [0.29, 0.717) is 17.3 Å². The number of thiazole rings is 1. The number of rotatable bonds is 4. The molecule has 0 saturated carbocycles. The molecule has 4 rings (SSSR count). The van der Waals surface area contributed by atoms with Crippen LogP contribution in [-0.2, 0) is 14.3 Å². The third-order valence-corrected chi connectivity index (χ3v) is 5.67. The number of anilines is 2. The van der Waals surface area contributed by atoms with Gasteiger partial charge in [0.25, 0.3) is 0 Å². The molecule has 1 aliphatic rings. The van der Waals surface area contributed by atoms with Gasteiger partial charge in [-0.1, -0.05) is 6.07 Å². The number of amides is 1. The summed E-state index contributed by atoms with van der Waals surface area (Å²) >= 11 is 1.07. The molecule has 162 valence electrons. The van der Waals surface area contributed by atoms with Crippen molar-refractivity contribution in [3.63, 3.8) is 0 Å². The molecule has 0 atom stereocenters. The molecule has 32 heavy (non-hydrogen) atoms. The Morgan fingerprint density at radius 2 is 1.91 bits per heavy atom. The highest BCUT2D eigenvalue weighted by Crippen LogP contribution is 2.32. The molecule has 2 heterocycles. The van der Waals surface area contributed by atoms with E-state index in [0.717, 1.165) is 33.4 Å². The van der Waals surface area contributed by atoms with Crippen molar-refractivity contribution in [1.29, 1.82) is 0 Å². The molecule has 0 unspecified atom stereocenters. The number of aromatic nitrogens is 1. The van der Waals surface area contributed by atoms with Crippen LogP contribution in [0.1, 0.15) is 29.3 Å². The van der Waals surface area contributed by atoms with Crippen LogP contribution in [0, 0.1) is 25.5 Å². The van der Waals surface area contributed by atoms with Crippen molar-refractivity contribution in [3.8, 4) is 0 Å². The number of benzene rings is 2. The van der Waals surface area contributed by atoms with Gasteiger partial charge in [-0.15, -0.1) is 11.3 Å². The predicted molar refractivity (Wildman–Crippen MR) is 118 cm³/mol. The second kappa shape index (κ2) is 8.43. The molecule has 0 spiro atoms. The molecule has 0 saturated heterocycles. The summed E-state index contributed by atoms with van der Waals surface area (Å²) in [7, 11) is 0. The lowest BCUT2D eigenvalue weighted by molar-refractivity contribution is -0.130. The zero-order valence-corrected chi connectivity index (χ0v) is 18.2. The lowest BCUT2D eigenvalue weighted by Gasteiger charge is -2.18. The smallest absolute Gasteiger partial charge is 0.363 e. The summed E-state index contributed by atoms with van der Waals surface area (Å²) in [4.78, 5) is 34.0. The molecule has 0 radical (unpaired) electrons. The van der Waals surface area contributed by atoms with Crippen molar-refractivity contribution >= 4 is 46.0 Å². The van der Waals surface area contributed by atoms with Crippen molar-refractivity contribution < 1.29 is 23.1 Å². The zero-order valence-electron chi connectivity index (χ0n) is 17.3. The largest absolute Gasteiger partial charge is 0.402 e. The summed E-state index contributed by atoms with van der Waals surface area (Å²) in [5.41, 5.74) is 3.10. The van der Waals surface area contributed by atoms with E-state index >= 15 is 0 Å². The molecular weight excluding hydrogens is 436 g/mol. The molecule has 9 heteroatoms. The third-order valence-electron chi connectivity index (χ3n) is 4.83. The number of hydrogen-bond donors (Lipinski definition) is 0. The Morgan fingerprint density at radius 3 is 2.59 bits per heavy atom. The number of ether oxygens (including phenoxy) is 1. The number of nitrogens with zero attached hydrogens (tertiary/aromatic N) is 3. The van der Waals surface area contributed by atoms with E-state index in [-0.39, 0.29) is 22.4 Å². The van der Waals surface area contributed by atoms with Gasteiger partial charge in [0, 0.05) is 23.9 Å². The van der Waals surface area contributed by atoms with Gasteiger partial charge in [0.05, 0.1) is 11.4 Å².